The molecule has 24 heavy (non-hydrogen) atoms. The molecule has 3 heterocycles. The Labute approximate surface area is 144 Å². The van der Waals surface area contributed by atoms with Crippen molar-refractivity contribution in [2.45, 2.75) is 25.6 Å². The summed E-state index contributed by atoms with van der Waals surface area (Å²) in [7, 11) is 0. The fourth-order valence-electron chi connectivity index (χ4n) is 3.49. The highest BCUT2D eigenvalue weighted by molar-refractivity contribution is 7.09. The Bertz CT molecular complexity index is 826. The maximum absolute atomic E-state index is 14.5. The highest BCUT2D eigenvalue weighted by atomic mass is 32.1. The zero-order valence-electron chi connectivity index (χ0n) is 13.2. The number of thiophene rings is 1. The number of nitrogens with zero attached hydrogens (tertiary/aromatic N) is 2. The van der Waals surface area contributed by atoms with Crippen LogP contribution < -0.4 is 0 Å². The van der Waals surface area contributed by atoms with E-state index in [0.29, 0.717) is 5.56 Å². The molecule has 2 nitrogen and oxygen atoms in total. The summed E-state index contributed by atoms with van der Waals surface area (Å²) in [6.45, 7) is 2.49. The smallest absolute Gasteiger partial charge is 0.128 e. The topological polar surface area (TPSA) is 8.17 Å². The van der Waals surface area contributed by atoms with Crippen molar-refractivity contribution < 1.29 is 8.78 Å². The molecule has 1 aliphatic rings. The van der Waals surface area contributed by atoms with Crippen molar-refractivity contribution in [3.05, 3.63) is 81.8 Å². The van der Waals surface area contributed by atoms with Crippen LogP contribution in [0.2, 0.25) is 0 Å². The molecule has 0 aliphatic carbocycles. The minimum absolute atomic E-state index is 0.278. The Morgan fingerprint density at radius 1 is 1.08 bits per heavy atom. The van der Waals surface area contributed by atoms with E-state index in [9.17, 15) is 8.78 Å². The van der Waals surface area contributed by atoms with E-state index in [0.717, 1.165) is 31.7 Å². The molecule has 0 saturated heterocycles. The van der Waals surface area contributed by atoms with Crippen molar-refractivity contribution in [3.8, 4) is 0 Å². The van der Waals surface area contributed by atoms with Gasteiger partial charge in [0.1, 0.15) is 11.6 Å². The van der Waals surface area contributed by atoms with E-state index in [-0.39, 0.29) is 11.9 Å². The largest absolute Gasteiger partial charge is 0.350 e. The van der Waals surface area contributed by atoms with Crippen molar-refractivity contribution >= 4 is 11.3 Å². The van der Waals surface area contributed by atoms with Crippen molar-refractivity contribution in [1.29, 1.82) is 0 Å². The van der Waals surface area contributed by atoms with Gasteiger partial charge in [0.25, 0.3) is 0 Å². The third-order valence-electron chi connectivity index (χ3n) is 4.55. The predicted molar refractivity (Wildman–Crippen MR) is 92.0 cm³/mol. The molecule has 3 aromatic rings. The van der Waals surface area contributed by atoms with Gasteiger partial charge in [0.2, 0.25) is 0 Å². The molecule has 0 spiro atoms. The van der Waals surface area contributed by atoms with Crippen molar-refractivity contribution in [1.82, 2.24) is 9.47 Å². The first-order valence-electron chi connectivity index (χ1n) is 8.09. The average Bonchev–Trinajstić information content (AvgIpc) is 3.20. The molecule has 0 fully saturated rings. The molecule has 124 valence electrons. The molecule has 1 unspecified atom stereocenters. The van der Waals surface area contributed by atoms with Crippen LogP contribution in [0.5, 0.6) is 0 Å². The van der Waals surface area contributed by atoms with Crippen LogP contribution in [-0.2, 0) is 13.1 Å². The van der Waals surface area contributed by atoms with Crippen LogP contribution in [0.1, 0.15) is 28.6 Å². The Kier molecular flexibility index (Phi) is 4.21. The fraction of sp³-hybridized carbons (Fsp3) is 0.263. The Morgan fingerprint density at radius 3 is 2.83 bits per heavy atom. The van der Waals surface area contributed by atoms with Gasteiger partial charge in [0.15, 0.2) is 0 Å². The summed E-state index contributed by atoms with van der Waals surface area (Å²) in [5.74, 6) is -0.753. The van der Waals surface area contributed by atoms with Gasteiger partial charge in [0.05, 0.1) is 6.04 Å². The molecular weight excluding hydrogens is 326 g/mol. The van der Waals surface area contributed by atoms with Crippen molar-refractivity contribution in [2.75, 3.05) is 6.54 Å². The second kappa shape index (κ2) is 6.49. The van der Waals surface area contributed by atoms with E-state index in [4.69, 9.17) is 0 Å². The lowest BCUT2D eigenvalue weighted by Crippen LogP contribution is -2.30. The third-order valence-corrected chi connectivity index (χ3v) is 5.41. The molecular formula is C19H18F2N2S. The average molecular weight is 344 g/mol. The monoisotopic (exact) mass is 344 g/mol. The zero-order chi connectivity index (χ0) is 16.5. The lowest BCUT2D eigenvalue weighted by Gasteiger charge is -2.30. The van der Waals surface area contributed by atoms with Crippen LogP contribution in [-0.4, -0.2) is 16.0 Å². The highest BCUT2D eigenvalue weighted by Crippen LogP contribution is 2.35. The maximum atomic E-state index is 14.5. The first kappa shape index (κ1) is 15.5. The molecule has 0 N–H and O–H groups in total. The number of halogens is 2. The standard InChI is InChI=1S/C19H18F2N2S/c20-14-6-7-17(21)16(12-14)19-18-5-1-8-22(18)9-3-10-23(19)13-15-4-2-11-24-15/h1-2,4-8,11-12,19H,3,9-10,13H2. The fourth-order valence-corrected chi connectivity index (χ4v) is 4.22. The van der Waals surface area contributed by atoms with Crippen molar-refractivity contribution in [2.24, 2.45) is 0 Å². The number of fused-ring (bicyclic) bond motifs is 1. The number of hydrogen-bond donors (Lipinski definition) is 0. The summed E-state index contributed by atoms with van der Waals surface area (Å²) in [6.07, 6.45) is 3.01. The van der Waals surface area contributed by atoms with Gasteiger partial charge in [-0.05, 0) is 48.2 Å². The number of aromatic nitrogens is 1. The summed E-state index contributed by atoms with van der Waals surface area (Å²) < 4.78 is 30.5. The van der Waals surface area contributed by atoms with Crippen LogP contribution in [0, 0.1) is 11.6 Å². The van der Waals surface area contributed by atoms with E-state index >= 15 is 0 Å². The molecule has 4 rings (SSSR count). The summed E-state index contributed by atoms with van der Waals surface area (Å²) in [6, 6.07) is 11.6. The van der Waals surface area contributed by atoms with E-state index in [2.05, 4.69) is 15.5 Å². The minimum Gasteiger partial charge on any atom is -0.350 e. The van der Waals surface area contributed by atoms with Gasteiger partial charge < -0.3 is 4.57 Å². The first-order chi connectivity index (χ1) is 11.7. The summed E-state index contributed by atoms with van der Waals surface area (Å²) in [4.78, 5) is 3.49. The summed E-state index contributed by atoms with van der Waals surface area (Å²) in [5, 5.41) is 2.05. The molecule has 5 heteroatoms. The third kappa shape index (κ3) is 2.89. The SMILES string of the molecule is Fc1ccc(F)c(C2c3cccn3CCCN2Cc2cccs2)c1. The predicted octanol–water partition coefficient (Wildman–Crippen LogP) is 4.82. The second-order valence-corrected chi connectivity index (χ2v) is 7.13. The molecule has 0 bridgehead atoms. The van der Waals surface area contributed by atoms with E-state index < -0.39 is 5.82 Å². The van der Waals surface area contributed by atoms with Crippen LogP contribution in [0.4, 0.5) is 8.78 Å². The molecule has 1 aliphatic heterocycles. The number of hydrogen-bond acceptors (Lipinski definition) is 2. The molecule has 2 aromatic heterocycles. The maximum Gasteiger partial charge on any atom is 0.128 e. The van der Waals surface area contributed by atoms with E-state index in [1.165, 1.54) is 23.1 Å². The van der Waals surface area contributed by atoms with Crippen LogP contribution in [0.25, 0.3) is 0 Å². The van der Waals surface area contributed by atoms with Crippen LogP contribution in [0.15, 0.2) is 54.0 Å². The van der Waals surface area contributed by atoms with Crippen LogP contribution >= 0.6 is 11.3 Å². The Hall–Kier alpha value is -1.98. The molecule has 0 amide bonds. The zero-order valence-corrected chi connectivity index (χ0v) is 14.0. The molecule has 1 atom stereocenters. The second-order valence-electron chi connectivity index (χ2n) is 6.10. The Balaban J connectivity index is 1.81. The minimum atomic E-state index is -0.398. The highest BCUT2D eigenvalue weighted by Gasteiger charge is 2.29. The molecule has 1 aromatic carbocycles. The number of rotatable bonds is 3. The van der Waals surface area contributed by atoms with Gasteiger partial charge in [-0.15, -0.1) is 11.3 Å². The van der Waals surface area contributed by atoms with Gasteiger partial charge in [-0.25, -0.2) is 8.78 Å². The lowest BCUT2D eigenvalue weighted by molar-refractivity contribution is 0.218. The molecule has 0 radical (unpaired) electrons. The summed E-state index contributed by atoms with van der Waals surface area (Å²) >= 11 is 1.70. The normalized spacial score (nSPS) is 18.3. The molecule has 0 saturated carbocycles. The lowest BCUT2D eigenvalue weighted by atomic mass is 10.0. The van der Waals surface area contributed by atoms with E-state index in [1.807, 2.05) is 29.8 Å². The van der Waals surface area contributed by atoms with E-state index in [1.54, 1.807) is 11.3 Å². The van der Waals surface area contributed by atoms with Gasteiger partial charge in [-0.3, -0.25) is 4.90 Å². The quantitative estimate of drug-likeness (QED) is 0.661. The van der Waals surface area contributed by atoms with Gasteiger partial charge in [0, 0.05) is 42.0 Å². The summed E-state index contributed by atoms with van der Waals surface area (Å²) in [5.41, 5.74) is 1.43. The number of aryl methyl sites for hydroxylation is 1. The van der Waals surface area contributed by atoms with Gasteiger partial charge in [-0.1, -0.05) is 6.07 Å². The first-order valence-corrected chi connectivity index (χ1v) is 8.97. The number of benzene rings is 1. The van der Waals surface area contributed by atoms with Crippen LogP contribution in [0.3, 0.4) is 0 Å². The van der Waals surface area contributed by atoms with Crippen molar-refractivity contribution in [3.63, 3.8) is 0 Å². The van der Waals surface area contributed by atoms with Gasteiger partial charge in [-0.2, -0.15) is 0 Å². The Morgan fingerprint density at radius 2 is 2.00 bits per heavy atom. The van der Waals surface area contributed by atoms with Gasteiger partial charge >= 0.3 is 0 Å².